The second-order valence-corrected chi connectivity index (χ2v) is 4.56. The Bertz CT molecular complexity index is 467. The number of fused-ring (bicyclic) bond motifs is 1. The van der Waals surface area contributed by atoms with Gasteiger partial charge in [0.2, 0.25) is 0 Å². The number of aliphatic hydroxyl groups is 1. The zero-order valence-electron chi connectivity index (χ0n) is 7.24. The standard InChI is InChI=1S/C9H8Br2N2O/c10-6-1-3-13-7(5-6)9(11)12-8(13)2-4-14/h1,3,5,14H,2,4H2. The average molecular weight is 320 g/mol. The molecule has 0 saturated carbocycles. The van der Waals surface area contributed by atoms with E-state index in [1.807, 2.05) is 22.7 Å². The predicted molar refractivity (Wildman–Crippen MR) is 61.4 cm³/mol. The molecule has 3 nitrogen and oxygen atoms in total. The van der Waals surface area contributed by atoms with E-state index >= 15 is 0 Å². The number of imidazole rings is 1. The summed E-state index contributed by atoms with van der Waals surface area (Å²) in [5, 5.41) is 8.87. The van der Waals surface area contributed by atoms with Crippen LogP contribution in [0.4, 0.5) is 0 Å². The number of hydrogen-bond acceptors (Lipinski definition) is 2. The molecule has 0 saturated heterocycles. The van der Waals surface area contributed by atoms with Gasteiger partial charge in [0.1, 0.15) is 10.4 Å². The van der Waals surface area contributed by atoms with Crippen LogP contribution >= 0.6 is 31.9 Å². The molecule has 0 spiro atoms. The molecule has 0 unspecified atom stereocenters. The summed E-state index contributed by atoms with van der Waals surface area (Å²) in [5.41, 5.74) is 1.00. The van der Waals surface area contributed by atoms with Crippen LogP contribution in [0.5, 0.6) is 0 Å². The first kappa shape index (κ1) is 10.1. The minimum Gasteiger partial charge on any atom is -0.396 e. The Balaban J connectivity index is 2.65. The summed E-state index contributed by atoms with van der Waals surface area (Å²) in [6.07, 6.45) is 2.50. The average Bonchev–Trinajstić information content (AvgIpc) is 2.44. The van der Waals surface area contributed by atoms with E-state index < -0.39 is 0 Å². The van der Waals surface area contributed by atoms with Gasteiger partial charge >= 0.3 is 0 Å². The maximum absolute atomic E-state index is 8.87. The maximum atomic E-state index is 8.87. The summed E-state index contributed by atoms with van der Waals surface area (Å²) < 4.78 is 3.79. The smallest absolute Gasteiger partial charge is 0.132 e. The molecule has 0 aliphatic heterocycles. The lowest BCUT2D eigenvalue weighted by Crippen LogP contribution is -1.97. The lowest BCUT2D eigenvalue weighted by molar-refractivity contribution is 0.296. The van der Waals surface area contributed by atoms with Gasteiger partial charge in [-0.05, 0) is 28.1 Å². The first-order valence-electron chi connectivity index (χ1n) is 4.15. The highest BCUT2D eigenvalue weighted by Gasteiger charge is 2.08. The Morgan fingerprint density at radius 2 is 2.21 bits per heavy atom. The first-order chi connectivity index (χ1) is 6.72. The van der Waals surface area contributed by atoms with Crippen molar-refractivity contribution in [3.05, 3.63) is 33.2 Å². The highest BCUT2D eigenvalue weighted by Crippen LogP contribution is 2.22. The van der Waals surface area contributed by atoms with Gasteiger partial charge in [-0.15, -0.1) is 0 Å². The van der Waals surface area contributed by atoms with E-state index in [9.17, 15) is 0 Å². The van der Waals surface area contributed by atoms with Crippen LogP contribution < -0.4 is 0 Å². The van der Waals surface area contributed by atoms with E-state index in [4.69, 9.17) is 5.11 Å². The molecule has 74 valence electrons. The number of aromatic nitrogens is 2. The van der Waals surface area contributed by atoms with Crippen molar-refractivity contribution in [2.24, 2.45) is 0 Å². The lowest BCUT2D eigenvalue weighted by atomic mass is 10.4. The van der Waals surface area contributed by atoms with Crippen LogP contribution in [-0.2, 0) is 6.42 Å². The van der Waals surface area contributed by atoms with Crippen molar-refractivity contribution in [1.29, 1.82) is 0 Å². The number of pyridine rings is 1. The van der Waals surface area contributed by atoms with Crippen molar-refractivity contribution in [2.75, 3.05) is 6.61 Å². The first-order valence-corrected chi connectivity index (χ1v) is 5.74. The maximum Gasteiger partial charge on any atom is 0.132 e. The van der Waals surface area contributed by atoms with Crippen molar-refractivity contribution in [3.8, 4) is 0 Å². The molecule has 14 heavy (non-hydrogen) atoms. The Morgan fingerprint density at radius 1 is 1.43 bits per heavy atom. The Hall–Kier alpha value is -0.390. The summed E-state index contributed by atoms with van der Waals surface area (Å²) in [6.45, 7) is 0.113. The Labute approximate surface area is 98.0 Å². The molecule has 0 bridgehead atoms. The summed E-state index contributed by atoms with van der Waals surface area (Å²) >= 11 is 6.79. The van der Waals surface area contributed by atoms with E-state index in [0.717, 1.165) is 20.4 Å². The fourth-order valence-corrected chi connectivity index (χ4v) is 2.20. The van der Waals surface area contributed by atoms with Gasteiger partial charge in [-0.1, -0.05) is 15.9 Å². The lowest BCUT2D eigenvalue weighted by Gasteiger charge is -1.98. The molecular weight excluding hydrogens is 312 g/mol. The van der Waals surface area contributed by atoms with Gasteiger partial charge in [0.15, 0.2) is 0 Å². The number of aliphatic hydroxyl groups excluding tert-OH is 1. The monoisotopic (exact) mass is 318 g/mol. The van der Waals surface area contributed by atoms with Gasteiger partial charge in [-0.2, -0.15) is 0 Å². The number of nitrogens with zero attached hydrogens (tertiary/aromatic N) is 2. The van der Waals surface area contributed by atoms with Crippen molar-refractivity contribution < 1.29 is 5.11 Å². The molecule has 0 aromatic carbocycles. The van der Waals surface area contributed by atoms with E-state index in [0.29, 0.717) is 6.42 Å². The van der Waals surface area contributed by atoms with Crippen LogP contribution in [0.3, 0.4) is 0 Å². The van der Waals surface area contributed by atoms with Crippen molar-refractivity contribution in [2.45, 2.75) is 6.42 Å². The van der Waals surface area contributed by atoms with Crippen LogP contribution in [0.25, 0.3) is 5.52 Å². The van der Waals surface area contributed by atoms with Crippen LogP contribution in [0.2, 0.25) is 0 Å². The molecule has 2 rings (SSSR count). The Morgan fingerprint density at radius 3 is 2.93 bits per heavy atom. The number of hydrogen-bond donors (Lipinski definition) is 1. The summed E-state index contributed by atoms with van der Waals surface area (Å²) in [6, 6.07) is 3.93. The molecule has 1 N–H and O–H groups in total. The van der Waals surface area contributed by atoms with Gasteiger partial charge < -0.3 is 9.51 Å². The summed E-state index contributed by atoms with van der Waals surface area (Å²) in [4.78, 5) is 4.32. The molecule has 0 radical (unpaired) electrons. The number of halogens is 2. The molecule has 0 amide bonds. The van der Waals surface area contributed by atoms with Gasteiger partial charge in [-0.25, -0.2) is 4.98 Å². The molecular formula is C9H8Br2N2O. The Kier molecular flexibility index (Phi) is 2.90. The summed E-state index contributed by atoms with van der Waals surface area (Å²) in [5.74, 6) is 0.863. The van der Waals surface area contributed by atoms with Crippen molar-refractivity contribution in [1.82, 2.24) is 9.38 Å². The fraction of sp³-hybridized carbons (Fsp3) is 0.222. The zero-order valence-corrected chi connectivity index (χ0v) is 10.4. The normalized spacial score (nSPS) is 11.1. The van der Waals surface area contributed by atoms with E-state index in [-0.39, 0.29) is 6.61 Å². The van der Waals surface area contributed by atoms with E-state index in [1.165, 1.54) is 0 Å². The minimum absolute atomic E-state index is 0.113. The second kappa shape index (κ2) is 4.00. The molecule has 0 aliphatic rings. The topological polar surface area (TPSA) is 37.5 Å². The van der Waals surface area contributed by atoms with Gasteiger partial charge in [-0.3, -0.25) is 0 Å². The van der Waals surface area contributed by atoms with Crippen molar-refractivity contribution in [3.63, 3.8) is 0 Å². The zero-order chi connectivity index (χ0) is 10.1. The molecule has 2 aromatic heterocycles. The molecule has 0 aliphatic carbocycles. The molecule has 2 aromatic rings. The van der Waals surface area contributed by atoms with Crippen molar-refractivity contribution >= 4 is 37.4 Å². The highest BCUT2D eigenvalue weighted by atomic mass is 79.9. The SMILES string of the molecule is OCCc1nc(Br)c2cc(Br)ccn12. The van der Waals surface area contributed by atoms with Gasteiger partial charge in [0.05, 0.1) is 12.1 Å². The van der Waals surface area contributed by atoms with E-state index in [2.05, 4.69) is 36.8 Å². The third kappa shape index (κ3) is 1.71. The van der Waals surface area contributed by atoms with Gasteiger partial charge in [0.25, 0.3) is 0 Å². The minimum atomic E-state index is 0.113. The largest absolute Gasteiger partial charge is 0.396 e. The predicted octanol–water partition coefficient (Wildman–Crippen LogP) is 2.39. The molecule has 2 heterocycles. The fourth-order valence-electron chi connectivity index (χ4n) is 1.36. The molecule has 5 heteroatoms. The highest BCUT2D eigenvalue weighted by molar-refractivity contribution is 9.11. The number of rotatable bonds is 2. The van der Waals surface area contributed by atoms with Crippen LogP contribution in [0.1, 0.15) is 5.82 Å². The quantitative estimate of drug-likeness (QED) is 0.923. The van der Waals surface area contributed by atoms with Crippen LogP contribution in [0, 0.1) is 0 Å². The van der Waals surface area contributed by atoms with E-state index in [1.54, 1.807) is 0 Å². The summed E-state index contributed by atoms with van der Waals surface area (Å²) in [7, 11) is 0. The van der Waals surface area contributed by atoms with Crippen LogP contribution in [-0.4, -0.2) is 21.1 Å². The third-order valence-corrected chi connectivity index (χ3v) is 3.05. The third-order valence-electron chi connectivity index (χ3n) is 1.97. The molecule has 0 fully saturated rings. The van der Waals surface area contributed by atoms with Crippen LogP contribution in [0.15, 0.2) is 27.4 Å². The molecule has 0 atom stereocenters. The second-order valence-electron chi connectivity index (χ2n) is 2.89. The van der Waals surface area contributed by atoms with Gasteiger partial charge in [0, 0.05) is 17.1 Å².